The van der Waals surface area contributed by atoms with Crippen LogP contribution in [-0.2, 0) is 0 Å². The summed E-state index contributed by atoms with van der Waals surface area (Å²) in [5.41, 5.74) is 7.18. The number of hydrogen-bond donors (Lipinski definition) is 1. The fourth-order valence-corrected chi connectivity index (χ4v) is 2.71. The second-order valence-electron chi connectivity index (χ2n) is 5.34. The van der Waals surface area contributed by atoms with Gasteiger partial charge in [-0.1, -0.05) is 0 Å². The average molecular weight is 267 g/mol. The van der Waals surface area contributed by atoms with Gasteiger partial charge in [-0.05, 0) is 25.9 Å². The van der Waals surface area contributed by atoms with Crippen LogP contribution in [0.3, 0.4) is 0 Å². The minimum absolute atomic E-state index is 0.236. The van der Waals surface area contributed by atoms with Crippen molar-refractivity contribution in [3.05, 3.63) is 17.9 Å². The van der Waals surface area contributed by atoms with Gasteiger partial charge in [0.15, 0.2) is 11.6 Å². The van der Waals surface area contributed by atoms with Crippen LogP contribution in [0, 0.1) is 11.7 Å². The van der Waals surface area contributed by atoms with Gasteiger partial charge in [-0.3, -0.25) is 0 Å². The first-order valence-electron chi connectivity index (χ1n) is 6.54. The topological polar surface area (TPSA) is 41.7 Å². The minimum atomic E-state index is -0.419. The Morgan fingerprint density at radius 1 is 1.53 bits per heavy atom. The highest BCUT2D eigenvalue weighted by Crippen LogP contribution is 2.31. The molecule has 0 aliphatic carbocycles. The monoisotopic (exact) mass is 267 g/mol. The van der Waals surface area contributed by atoms with Gasteiger partial charge in [0.25, 0.3) is 0 Å². The van der Waals surface area contributed by atoms with Gasteiger partial charge in [-0.2, -0.15) is 0 Å². The normalized spacial score (nSPS) is 19.7. The number of hydrogen-bond acceptors (Lipinski definition) is 4. The maximum atomic E-state index is 13.5. The molecule has 1 aliphatic rings. The zero-order chi connectivity index (χ0) is 14.0. The van der Waals surface area contributed by atoms with Crippen molar-refractivity contribution in [3.8, 4) is 5.75 Å². The van der Waals surface area contributed by atoms with E-state index in [1.54, 1.807) is 6.07 Å². The number of rotatable bonds is 4. The van der Waals surface area contributed by atoms with Crippen LogP contribution >= 0.6 is 0 Å². The summed E-state index contributed by atoms with van der Waals surface area (Å²) in [6.07, 6.45) is 1.19. The van der Waals surface area contributed by atoms with E-state index in [1.165, 1.54) is 19.6 Å². The highest BCUT2D eigenvalue weighted by Gasteiger charge is 2.22. The second kappa shape index (κ2) is 5.65. The lowest BCUT2D eigenvalue weighted by molar-refractivity contribution is 0.386. The van der Waals surface area contributed by atoms with Crippen molar-refractivity contribution in [3.63, 3.8) is 0 Å². The van der Waals surface area contributed by atoms with E-state index in [4.69, 9.17) is 10.5 Å². The molecule has 0 saturated carbocycles. The van der Waals surface area contributed by atoms with Gasteiger partial charge in [-0.25, -0.2) is 4.39 Å². The molecule has 2 rings (SSSR count). The molecule has 1 atom stereocenters. The number of ether oxygens (including phenoxy) is 1. The Morgan fingerprint density at radius 3 is 2.84 bits per heavy atom. The van der Waals surface area contributed by atoms with E-state index in [1.807, 2.05) is 7.05 Å². The van der Waals surface area contributed by atoms with Crippen LogP contribution in [0.1, 0.15) is 6.42 Å². The van der Waals surface area contributed by atoms with Crippen LogP contribution in [0.2, 0.25) is 0 Å². The largest absolute Gasteiger partial charge is 0.494 e. The van der Waals surface area contributed by atoms with Crippen molar-refractivity contribution in [2.75, 3.05) is 51.5 Å². The first-order valence-corrected chi connectivity index (χ1v) is 6.54. The van der Waals surface area contributed by atoms with Crippen LogP contribution in [-0.4, -0.2) is 45.7 Å². The van der Waals surface area contributed by atoms with E-state index >= 15 is 0 Å². The molecule has 1 aliphatic heterocycles. The Balaban J connectivity index is 2.12. The number of likely N-dealkylation sites (tertiary alicyclic amines) is 1. The van der Waals surface area contributed by atoms with Gasteiger partial charge < -0.3 is 20.3 Å². The molecular weight excluding hydrogens is 245 g/mol. The number of methoxy groups -OCH3 is 1. The predicted molar refractivity (Wildman–Crippen MR) is 76.2 cm³/mol. The van der Waals surface area contributed by atoms with E-state index in [2.05, 4.69) is 16.8 Å². The molecule has 1 aromatic rings. The second-order valence-corrected chi connectivity index (χ2v) is 5.34. The lowest BCUT2D eigenvalue weighted by Gasteiger charge is -2.25. The van der Waals surface area contributed by atoms with Crippen LogP contribution in [0.4, 0.5) is 15.8 Å². The highest BCUT2D eigenvalue weighted by molar-refractivity contribution is 5.69. The summed E-state index contributed by atoms with van der Waals surface area (Å²) in [6.45, 7) is 3.16. The van der Waals surface area contributed by atoms with Gasteiger partial charge in [-0.15, -0.1) is 0 Å². The zero-order valence-corrected chi connectivity index (χ0v) is 11.8. The number of halogens is 1. The quantitative estimate of drug-likeness (QED) is 0.845. The lowest BCUT2D eigenvalue weighted by atomic mass is 10.1. The molecule has 1 unspecified atom stereocenters. The van der Waals surface area contributed by atoms with Crippen molar-refractivity contribution in [2.45, 2.75) is 6.42 Å². The third kappa shape index (κ3) is 3.10. The highest BCUT2D eigenvalue weighted by atomic mass is 19.1. The molecule has 1 fully saturated rings. The third-order valence-electron chi connectivity index (χ3n) is 3.73. The molecule has 106 valence electrons. The summed E-state index contributed by atoms with van der Waals surface area (Å²) < 4.78 is 18.5. The van der Waals surface area contributed by atoms with E-state index < -0.39 is 5.82 Å². The van der Waals surface area contributed by atoms with Gasteiger partial charge in [0.2, 0.25) is 0 Å². The number of benzene rings is 1. The molecule has 0 amide bonds. The molecule has 1 heterocycles. The molecule has 1 aromatic carbocycles. The van der Waals surface area contributed by atoms with Crippen molar-refractivity contribution in [2.24, 2.45) is 5.92 Å². The Kier molecular flexibility index (Phi) is 4.14. The Bertz CT molecular complexity index is 453. The Labute approximate surface area is 113 Å². The van der Waals surface area contributed by atoms with Crippen molar-refractivity contribution in [1.29, 1.82) is 0 Å². The smallest absolute Gasteiger partial charge is 0.167 e. The molecule has 4 nitrogen and oxygen atoms in total. The van der Waals surface area contributed by atoms with Crippen LogP contribution < -0.4 is 15.4 Å². The average Bonchev–Trinajstić information content (AvgIpc) is 2.74. The van der Waals surface area contributed by atoms with Crippen molar-refractivity contribution in [1.82, 2.24) is 4.90 Å². The minimum Gasteiger partial charge on any atom is -0.494 e. The summed E-state index contributed by atoms with van der Waals surface area (Å²) in [6, 6.07) is 2.99. The van der Waals surface area contributed by atoms with E-state index in [-0.39, 0.29) is 5.75 Å². The predicted octanol–water partition coefficient (Wildman–Crippen LogP) is 1.80. The summed E-state index contributed by atoms with van der Waals surface area (Å²) >= 11 is 0. The first-order chi connectivity index (χ1) is 9.01. The standard InChI is InChI=1S/C14H22FN3O/c1-17-5-4-10(8-17)9-18(2)13-7-14(19-3)11(15)6-12(13)16/h6-7,10H,4-5,8-9,16H2,1-3H3. The summed E-state index contributed by atoms with van der Waals surface area (Å²) in [5.74, 6) is 0.447. The maximum Gasteiger partial charge on any atom is 0.167 e. The lowest BCUT2D eigenvalue weighted by Crippen LogP contribution is -2.27. The zero-order valence-electron chi connectivity index (χ0n) is 11.8. The van der Waals surface area contributed by atoms with Gasteiger partial charge >= 0.3 is 0 Å². The van der Waals surface area contributed by atoms with Gasteiger partial charge in [0.1, 0.15) is 0 Å². The number of nitrogen functional groups attached to an aromatic ring is 1. The molecule has 5 heteroatoms. The van der Waals surface area contributed by atoms with Crippen molar-refractivity contribution < 1.29 is 9.13 Å². The number of nitrogens with zero attached hydrogens (tertiary/aromatic N) is 2. The van der Waals surface area contributed by atoms with E-state index in [0.717, 1.165) is 25.3 Å². The fraction of sp³-hybridized carbons (Fsp3) is 0.571. The van der Waals surface area contributed by atoms with Crippen LogP contribution in [0.5, 0.6) is 5.75 Å². The SMILES string of the molecule is COc1cc(N(C)CC2CCN(C)C2)c(N)cc1F. The summed E-state index contributed by atoms with van der Waals surface area (Å²) in [7, 11) is 5.58. The Morgan fingerprint density at radius 2 is 2.26 bits per heavy atom. The number of nitrogens with two attached hydrogens (primary N) is 1. The fourth-order valence-electron chi connectivity index (χ4n) is 2.71. The third-order valence-corrected chi connectivity index (χ3v) is 3.73. The first kappa shape index (κ1) is 13.9. The van der Waals surface area contributed by atoms with E-state index in [0.29, 0.717) is 11.6 Å². The molecule has 2 N–H and O–H groups in total. The summed E-state index contributed by atoms with van der Waals surface area (Å²) in [4.78, 5) is 4.41. The molecule has 0 spiro atoms. The molecular formula is C14H22FN3O. The number of anilines is 2. The van der Waals surface area contributed by atoms with Crippen molar-refractivity contribution >= 4 is 11.4 Å². The van der Waals surface area contributed by atoms with Gasteiger partial charge in [0, 0.05) is 32.3 Å². The molecule has 19 heavy (non-hydrogen) atoms. The molecule has 0 bridgehead atoms. The maximum absolute atomic E-state index is 13.5. The van der Waals surface area contributed by atoms with Crippen LogP contribution in [0.25, 0.3) is 0 Å². The van der Waals surface area contributed by atoms with Crippen LogP contribution in [0.15, 0.2) is 12.1 Å². The Hall–Kier alpha value is -1.49. The molecule has 0 aromatic heterocycles. The van der Waals surface area contributed by atoms with Gasteiger partial charge in [0.05, 0.1) is 18.5 Å². The molecule has 1 saturated heterocycles. The summed E-state index contributed by atoms with van der Waals surface area (Å²) in [5, 5.41) is 0. The van der Waals surface area contributed by atoms with E-state index in [9.17, 15) is 4.39 Å². The molecule has 0 radical (unpaired) electrons.